The number of nitrogens with zero attached hydrogens (tertiary/aromatic N) is 3. The lowest BCUT2D eigenvalue weighted by Gasteiger charge is -2.09. The molecule has 0 unspecified atom stereocenters. The molecule has 0 aliphatic rings. The standard InChI is InChI=1S/C7H12N3O2S/c1-4-7-5-8-10(6-7)13(11,12)9(2)3/h5-6H,1,4H2,2-3H3. The fourth-order valence-electron chi connectivity index (χ4n) is 0.762. The molecule has 0 bridgehead atoms. The molecule has 73 valence electrons. The number of hydrogen-bond acceptors (Lipinski definition) is 3. The molecule has 0 amide bonds. The number of rotatable bonds is 3. The first-order valence-corrected chi connectivity index (χ1v) is 5.14. The van der Waals surface area contributed by atoms with Crippen molar-refractivity contribution in [2.45, 2.75) is 6.42 Å². The first kappa shape index (κ1) is 10.2. The Balaban J connectivity index is 3.09. The second-order valence-electron chi connectivity index (χ2n) is 2.76. The maximum atomic E-state index is 11.5. The van der Waals surface area contributed by atoms with Gasteiger partial charge in [0.05, 0.1) is 6.20 Å². The second-order valence-corrected chi connectivity index (χ2v) is 4.76. The van der Waals surface area contributed by atoms with Gasteiger partial charge in [-0.25, -0.2) is 0 Å². The van der Waals surface area contributed by atoms with Gasteiger partial charge in [-0.05, 0) is 18.9 Å². The Morgan fingerprint density at radius 3 is 2.62 bits per heavy atom. The predicted octanol–water partition coefficient (Wildman–Crippen LogP) is -0.0858. The van der Waals surface area contributed by atoms with Crippen molar-refractivity contribution in [1.29, 1.82) is 0 Å². The van der Waals surface area contributed by atoms with Crippen LogP contribution in [0, 0.1) is 6.92 Å². The highest BCUT2D eigenvalue weighted by Crippen LogP contribution is 2.03. The van der Waals surface area contributed by atoms with Crippen LogP contribution in [0.4, 0.5) is 0 Å². The predicted molar refractivity (Wildman–Crippen MR) is 49.3 cm³/mol. The SMILES string of the molecule is [CH2]Cc1cnn(S(=O)(=O)N(C)C)c1. The highest BCUT2D eigenvalue weighted by atomic mass is 32.2. The van der Waals surface area contributed by atoms with Gasteiger partial charge in [0, 0.05) is 20.3 Å². The van der Waals surface area contributed by atoms with Crippen molar-refractivity contribution in [3.8, 4) is 0 Å². The smallest absolute Gasteiger partial charge is 0.189 e. The molecule has 0 fully saturated rings. The van der Waals surface area contributed by atoms with E-state index in [1.54, 1.807) is 0 Å². The van der Waals surface area contributed by atoms with Crippen molar-refractivity contribution in [2.75, 3.05) is 14.1 Å². The van der Waals surface area contributed by atoms with Crippen molar-refractivity contribution in [2.24, 2.45) is 0 Å². The van der Waals surface area contributed by atoms with Crippen LogP contribution in [0.2, 0.25) is 0 Å². The van der Waals surface area contributed by atoms with E-state index in [1.807, 2.05) is 0 Å². The van der Waals surface area contributed by atoms with Crippen LogP contribution in [0.15, 0.2) is 12.4 Å². The zero-order valence-corrected chi connectivity index (χ0v) is 8.45. The quantitative estimate of drug-likeness (QED) is 0.688. The summed E-state index contributed by atoms with van der Waals surface area (Å²) in [6.07, 6.45) is 3.49. The summed E-state index contributed by atoms with van der Waals surface area (Å²) in [5.41, 5.74) is 0.797. The minimum atomic E-state index is -3.46. The molecule has 0 atom stereocenters. The van der Waals surface area contributed by atoms with Crippen LogP contribution in [0.1, 0.15) is 5.56 Å². The van der Waals surface area contributed by atoms with E-state index in [0.717, 1.165) is 14.0 Å². The summed E-state index contributed by atoms with van der Waals surface area (Å²) in [5, 5.41) is 3.73. The van der Waals surface area contributed by atoms with E-state index in [-0.39, 0.29) is 0 Å². The van der Waals surface area contributed by atoms with Crippen LogP contribution >= 0.6 is 0 Å². The molecule has 0 N–H and O–H groups in total. The highest BCUT2D eigenvalue weighted by Gasteiger charge is 2.16. The molecular weight excluding hydrogens is 190 g/mol. The van der Waals surface area contributed by atoms with Crippen LogP contribution in [0.3, 0.4) is 0 Å². The molecule has 1 heterocycles. The summed E-state index contributed by atoms with van der Waals surface area (Å²) in [4.78, 5) is 0. The van der Waals surface area contributed by atoms with Crippen LogP contribution in [0.25, 0.3) is 0 Å². The third-order valence-electron chi connectivity index (χ3n) is 1.60. The summed E-state index contributed by atoms with van der Waals surface area (Å²) < 4.78 is 25.0. The summed E-state index contributed by atoms with van der Waals surface area (Å²) >= 11 is 0. The Morgan fingerprint density at radius 1 is 1.62 bits per heavy atom. The molecule has 0 spiro atoms. The number of aromatic nitrogens is 2. The third-order valence-corrected chi connectivity index (χ3v) is 3.20. The molecule has 13 heavy (non-hydrogen) atoms. The van der Waals surface area contributed by atoms with Crippen molar-refractivity contribution in [3.05, 3.63) is 24.9 Å². The first-order chi connectivity index (χ1) is 5.98. The highest BCUT2D eigenvalue weighted by molar-refractivity contribution is 7.87. The van der Waals surface area contributed by atoms with Crippen LogP contribution in [-0.2, 0) is 16.6 Å². The zero-order chi connectivity index (χ0) is 10.1. The van der Waals surface area contributed by atoms with Gasteiger partial charge in [-0.15, -0.1) is 0 Å². The van der Waals surface area contributed by atoms with Crippen LogP contribution in [-0.4, -0.2) is 36.0 Å². The molecule has 0 aliphatic carbocycles. The fraction of sp³-hybridized carbons (Fsp3) is 0.429. The van der Waals surface area contributed by atoms with Crippen LogP contribution < -0.4 is 0 Å². The summed E-state index contributed by atoms with van der Waals surface area (Å²) in [7, 11) is -0.537. The lowest BCUT2D eigenvalue weighted by molar-refractivity contribution is 0.504. The van der Waals surface area contributed by atoms with Gasteiger partial charge in [0.15, 0.2) is 0 Å². The average Bonchev–Trinajstić information content (AvgIpc) is 2.51. The summed E-state index contributed by atoms with van der Waals surface area (Å²) in [6, 6.07) is 0. The Kier molecular flexibility index (Phi) is 2.72. The van der Waals surface area contributed by atoms with Gasteiger partial charge in [0.25, 0.3) is 0 Å². The van der Waals surface area contributed by atoms with Crippen molar-refractivity contribution < 1.29 is 8.42 Å². The average molecular weight is 202 g/mol. The molecule has 0 aliphatic heterocycles. The number of hydrogen-bond donors (Lipinski definition) is 0. The van der Waals surface area contributed by atoms with E-state index in [9.17, 15) is 8.42 Å². The molecule has 1 radical (unpaired) electrons. The van der Waals surface area contributed by atoms with E-state index in [0.29, 0.717) is 6.42 Å². The van der Waals surface area contributed by atoms with Gasteiger partial charge in [-0.3, -0.25) is 0 Å². The molecular formula is C7H12N3O2S. The lowest BCUT2D eigenvalue weighted by atomic mass is 10.3. The molecule has 6 heteroatoms. The van der Waals surface area contributed by atoms with Gasteiger partial charge in [-0.1, -0.05) is 0 Å². The normalized spacial score (nSPS) is 12.3. The third kappa shape index (κ3) is 1.89. The molecule has 0 aromatic carbocycles. The molecule has 0 saturated heterocycles. The Hall–Kier alpha value is -0.880. The second kappa shape index (κ2) is 3.47. The van der Waals surface area contributed by atoms with E-state index in [4.69, 9.17) is 0 Å². The first-order valence-electron chi connectivity index (χ1n) is 3.74. The maximum absolute atomic E-state index is 11.5. The molecule has 1 aromatic rings. The van der Waals surface area contributed by atoms with Crippen molar-refractivity contribution >= 4 is 10.2 Å². The molecule has 1 rings (SSSR count). The Morgan fingerprint density at radius 2 is 2.23 bits per heavy atom. The largest absolute Gasteiger partial charge is 0.322 e. The summed E-state index contributed by atoms with van der Waals surface area (Å²) in [5.74, 6) is 0. The Labute approximate surface area is 78.2 Å². The van der Waals surface area contributed by atoms with E-state index in [2.05, 4.69) is 12.0 Å². The molecule has 0 saturated carbocycles. The van der Waals surface area contributed by atoms with Gasteiger partial charge >= 0.3 is 10.2 Å². The van der Waals surface area contributed by atoms with Gasteiger partial charge in [-0.2, -0.15) is 21.9 Å². The van der Waals surface area contributed by atoms with Gasteiger partial charge < -0.3 is 0 Å². The maximum Gasteiger partial charge on any atom is 0.322 e. The van der Waals surface area contributed by atoms with E-state index < -0.39 is 10.2 Å². The lowest BCUT2D eigenvalue weighted by Crippen LogP contribution is -2.29. The molecule has 1 aromatic heterocycles. The van der Waals surface area contributed by atoms with E-state index in [1.165, 1.54) is 26.5 Å². The topological polar surface area (TPSA) is 55.2 Å². The van der Waals surface area contributed by atoms with Crippen molar-refractivity contribution in [3.63, 3.8) is 0 Å². The van der Waals surface area contributed by atoms with E-state index >= 15 is 0 Å². The Bertz CT molecular complexity index is 380. The monoisotopic (exact) mass is 202 g/mol. The minimum absolute atomic E-state index is 0.531. The summed E-state index contributed by atoms with van der Waals surface area (Å²) in [6.45, 7) is 3.63. The van der Waals surface area contributed by atoms with Gasteiger partial charge in [0.2, 0.25) is 0 Å². The van der Waals surface area contributed by atoms with Gasteiger partial charge in [0.1, 0.15) is 0 Å². The molecule has 5 nitrogen and oxygen atoms in total. The van der Waals surface area contributed by atoms with Crippen molar-refractivity contribution in [1.82, 2.24) is 13.5 Å². The fourth-order valence-corrected chi connectivity index (χ4v) is 1.53. The van der Waals surface area contributed by atoms with Crippen LogP contribution in [0.5, 0.6) is 0 Å². The zero-order valence-electron chi connectivity index (χ0n) is 7.64. The minimum Gasteiger partial charge on any atom is -0.189 e.